The molecule has 1 unspecified atom stereocenters. The first-order chi connectivity index (χ1) is 12.4. The minimum absolute atomic E-state index is 0.428. The van der Waals surface area contributed by atoms with Crippen molar-refractivity contribution in [2.24, 2.45) is 5.41 Å². The molecule has 0 saturated carbocycles. The number of carboxylic acids is 1. The van der Waals surface area contributed by atoms with E-state index in [0.29, 0.717) is 18.4 Å². The van der Waals surface area contributed by atoms with Gasteiger partial charge in [-0.25, -0.2) is 4.79 Å². The summed E-state index contributed by atoms with van der Waals surface area (Å²) in [6, 6.07) is 0. The maximum absolute atomic E-state index is 11.3. The Morgan fingerprint density at radius 2 is 1.31 bits per heavy atom. The molecule has 0 radical (unpaired) electrons. The van der Waals surface area contributed by atoms with Crippen LogP contribution in [0.5, 0.6) is 0 Å². The largest absolute Gasteiger partial charge is 0.479 e. The minimum atomic E-state index is -0.794. The monoisotopic (exact) mass is 370 g/mol. The molecule has 0 aliphatic heterocycles. The summed E-state index contributed by atoms with van der Waals surface area (Å²) in [7, 11) is 0. The number of aliphatic carboxylic acids is 1. The summed E-state index contributed by atoms with van der Waals surface area (Å²) in [5.74, 6) is -0.794. The van der Waals surface area contributed by atoms with E-state index in [1.807, 2.05) is 0 Å². The molecule has 1 N–H and O–H groups in total. The lowest BCUT2D eigenvalue weighted by atomic mass is 9.89. The van der Waals surface area contributed by atoms with E-state index in [2.05, 4.69) is 27.7 Å². The summed E-state index contributed by atoms with van der Waals surface area (Å²) < 4.78 is 5.62. The third-order valence-electron chi connectivity index (χ3n) is 4.99. The highest BCUT2D eigenvalue weighted by Gasteiger charge is 2.17. The second-order valence-corrected chi connectivity index (χ2v) is 9.04. The van der Waals surface area contributed by atoms with Gasteiger partial charge in [-0.2, -0.15) is 0 Å². The van der Waals surface area contributed by atoms with E-state index >= 15 is 0 Å². The molecule has 0 saturated heterocycles. The Morgan fingerprint density at radius 3 is 1.85 bits per heavy atom. The van der Waals surface area contributed by atoms with Gasteiger partial charge >= 0.3 is 5.97 Å². The number of unbranched alkanes of at least 4 members (excludes halogenated alkanes) is 11. The first-order valence-corrected chi connectivity index (χ1v) is 11.2. The molecule has 0 bridgehead atoms. The van der Waals surface area contributed by atoms with Crippen molar-refractivity contribution in [3.63, 3.8) is 0 Å². The number of hydrogen-bond acceptors (Lipinski definition) is 2. The molecule has 156 valence electrons. The summed E-state index contributed by atoms with van der Waals surface area (Å²) in [6.45, 7) is 9.69. The Kier molecular flexibility index (Phi) is 16.2. The van der Waals surface area contributed by atoms with E-state index in [1.165, 1.54) is 64.2 Å². The number of hydrogen-bond donors (Lipinski definition) is 1. The zero-order valence-corrected chi connectivity index (χ0v) is 18.2. The highest BCUT2D eigenvalue weighted by atomic mass is 16.5. The molecule has 0 amide bonds. The van der Waals surface area contributed by atoms with E-state index in [1.54, 1.807) is 0 Å². The van der Waals surface area contributed by atoms with Crippen molar-refractivity contribution in [2.45, 2.75) is 130 Å². The highest BCUT2D eigenvalue weighted by Crippen LogP contribution is 2.22. The third kappa shape index (κ3) is 18.2. The van der Waals surface area contributed by atoms with Crippen molar-refractivity contribution in [3.05, 3.63) is 0 Å². The van der Waals surface area contributed by atoms with Crippen LogP contribution in [0.3, 0.4) is 0 Å². The number of rotatable bonds is 18. The van der Waals surface area contributed by atoms with E-state index in [4.69, 9.17) is 4.74 Å². The van der Waals surface area contributed by atoms with Gasteiger partial charge in [-0.15, -0.1) is 0 Å². The fraction of sp³-hybridized carbons (Fsp3) is 0.957. The predicted octanol–water partition coefficient (Wildman–Crippen LogP) is 7.37. The summed E-state index contributed by atoms with van der Waals surface area (Å²) in [5.41, 5.74) is 0.428. The second kappa shape index (κ2) is 16.6. The number of carbonyl (C=O) groups is 1. The minimum Gasteiger partial charge on any atom is -0.479 e. The lowest BCUT2D eigenvalue weighted by Crippen LogP contribution is -2.24. The molecule has 0 aliphatic carbocycles. The smallest absolute Gasteiger partial charge is 0.332 e. The maximum atomic E-state index is 11.3. The number of ether oxygens (including phenoxy) is 1. The van der Waals surface area contributed by atoms with Crippen molar-refractivity contribution in [1.82, 2.24) is 0 Å². The molecule has 0 aliphatic rings. The summed E-state index contributed by atoms with van der Waals surface area (Å²) >= 11 is 0. The van der Waals surface area contributed by atoms with Crippen LogP contribution in [0.25, 0.3) is 0 Å². The van der Waals surface area contributed by atoms with Gasteiger partial charge in [-0.3, -0.25) is 0 Å². The quantitative estimate of drug-likeness (QED) is 0.256. The highest BCUT2D eigenvalue weighted by molar-refractivity contribution is 5.72. The zero-order valence-electron chi connectivity index (χ0n) is 18.2. The van der Waals surface area contributed by atoms with Crippen molar-refractivity contribution in [3.8, 4) is 0 Å². The molecule has 3 heteroatoms. The summed E-state index contributed by atoms with van der Waals surface area (Å²) in [4.78, 5) is 11.3. The van der Waals surface area contributed by atoms with Crippen molar-refractivity contribution < 1.29 is 14.6 Å². The van der Waals surface area contributed by atoms with Gasteiger partial charge in [0, 0.05) is 6.61 Å². The Balaban J connectivity index is 3.55. The fourth-order valence-electron chi connectivity index (χ4n) is 3.26. The zero-order chi connectivity index (χ0) is 19.7. The van der Waals surface area contributed by atoms with E-state index in [-0.39, 0.29) is 0 Å². The van der Waals surface area contributed by atoms with Crippen LogP contribution in [0.15, 0.2) is 0 Å². The molecule has 0 spiro atoms. The fourth-order valence-corrected chi connectivity index (χ4v) is 3.26. The first kappa shape index (κ1) is 25.4. The first-order valence-electron chi connectivity index (χ1n) is 11.2. The van der Waals surface area contributed by atoms with Gasteiger partial charge in [-0.1, -0.05) is 105 Å². The van der Waals surface area contributed by atoms with Crippen LogP contribution in [0.2, 0.25) is 0 Å². The molecule has 26 heavy (non-hydrogen) atoms. The van der Waals surface area contributed by atoms with Crippen molar-refractivity contribution in [2.75, 3.05) is 6.61 Å². The molecule has 0 aromatic heterocycles. The SMILES string of the molecule is CCCCCCCCCCOC(CCCCCCCC(C)(C)C)C(=O)O. The van der Waals surface area contributed by atoms with E-state index < -0.39 is 12.1 Å². The van der Waals surface area contributed by atoms with Crippen LogP contribution in [-0.2, 0) is 9.53 Å². The van der Waals surface area contributed by atoms with Gasteiger partial charge in [-0.05, 0) is 24.7 Å². The van der Waals surface area contributed by atoms with Crippen LogP contribution >= 0.6 is 0 Å². The van der Waals surface area contributed by atoms with E-state index in [9.17, 15) is 9.90 Å². The molecule has 0 aromatic carbocycles. The Morgan fingerprint density at radius 1 is 0.808 bits per heavy atom. The van der Waals surface area contributed by atoms with E-state index in [0.717, 1.165) is 25.7 Å². The molecule has 1 atom stereocenters. The molecular weight excluding hydrogens is 324 g/mol. The van der Waals surface area contributed by atoms with Gasteiger partial charge in [0.2, 0.25) is 0 Å². The third-order valence-corrected chi connectivity index (χ3v) is 4.99. The Bertz CT molecular complexity index is 320. The molecular formula is C23H46O3. The molecule has 0 heterocycles. The molecule has 0 aromatic rings. The molecule has 0 fully saturated rings. The second-order valence-electron chi connectivity index (χ2n) is 9.04. The van der Waals surface area contributed by atoms with Crippen LogP contribution in [0.4, 0.5) is 0 Å². The standard InChI is InChI=1S/C23H46O3/c1-5-6-7-8-9-10-14-17-20-26-21(22(24)25)18-15-12-11-13-16-19-23(2,3)4/h21H,5-20H2,1-4H3,(H,24,25). The Hall–Kier alpha value is -0.570. The summed E-state index contributed by atoms with van der Waals surface area (Å²) in [5, 5.41) is 9.30. The molecule has 3 nitrogen and oxygen atoms in total. The van der Waals surface area contributed by atoms with Gasteiger partial charge in [0.1, 0.15) is 0 Å². The lowest BCUT2D eigenvalue weighted by molar-refractivity contribution is -0.151. The average Bonchev–Trinajstić information content (AvgIpc) is 2.56. The lowest BCUT2D eigenvalue weighted by Gasteiger charge is -2.17. The van der Waals surface area contributed by atoms with Crippen molar-refractivity contribution in [1.29, 1.82) is 0 Å². The van der Waals surface area contributed by atoms with Crippen molar-refractivity contribution >= 4 is 5.97 Å². The van der Waals surface area contributed by atoms with Crippen LogP contribution in [0.1, 0.15) is 124 Å². The summed E-state index contributed by atoms with van der Waals surface area (Å²) in [6.07, 6.45) is 17.2. The van der Waals surface area contributed by atoms with Crippen LogP contribution in [0, 0.1) is 5.41 Å². The molecule has 0 rings (SSSR count). The van der Waals surface area contributed by atoms with Gasteiger partial charge < -0.3 is 9.84 Å². The van der Waals surface area contributed by atoms with Crippen LogP contribution in [-0.4, -0.2) is 23.8 Å². The Labute approximate surface area is 163 Å². The van der Waals surface area contributed by atoms with Gasteiger partial charge in [0.25, 0.3) is 0 Å². The normalized spacial score (nSPS) is 13.1. The predicted molar refractivity (Wildman–Crippen MR) is 112 cm³/mol. The number of carboxylic acid groups (broad SMARTS) is 1. The van der Waals surface area contributed by atoms with Gasteiger partial charge in [0.15, 0.2) is 6.10 Å². The average molecular weight is 371 g/mol. The topological polar surface area (TPSA) is 46.5 Å². The maximum Gasteiger partial charge on any atom is 0.332 e. The van der Waals surface area contributed by atoms with Crippen LogP contribution < -0.4 is 0 Å². The van der Waals surface area contributed by atoms with Gasteiger partial charge in [0.05, 0.1) is 0 Å².